The van der Waals surface area contributed by atoms with Gasteiger partial charge in [-0.1, -0.05) is 11.6 Å². The molecule has 5 aromatic rings. The molecule has 0 aliphatic heterocycles. The maximum atomic E-state index is 14.4. The third-order valence-corrected chi connectivity index (χ3v) is 8.64. The molecule has 0 saturated carbocycles. The van der Waals surface area contributed by atoms with Crippen molar-refractivity contribution in [2.45, 2.75) is 13.3 Å². The summed E-state index contributed by atoms with van der Waals surface area (Å²) in [4.78, 5) is 28.8. The number of aliphatic hydroxyl groups is 2. The molecule has 0 unspecified atom stereocenters. The highest BCUT2D eigenvalue weighted by Gasteiger charge is 2.32. The maximum Gasteiger partial charge on any atom is 0.230 e. The zero-order chi connectivity index (χ0) is 33.4. The van der Waals surface area contributed by atoms with Crippen LogP contribution in [-0.2, 0) is 15.9 Å². The lowest BCUT2D eigenvalue weighted by Gasteiger charge is -2.24. The second-order valence-electron chi connectivity index (χ2n) is 11.4. The lowest BCUT2D eigenvalue weighted by atomic mass is 9.83. The molecule has 0 aromatic heterocycles. The quantitative estimate of drug-likeness (QED) is 0.0640. The number of benzene rings is 5. The van der Waals surface area contributed by atoms with Crippen molar-refractivity contribution < 1.29 is 39.0 Å². The van der Waals surface area contributed by atoms with E-state index in [9.17, 15) is 14.7 Å². The predicted octanol–water partition coefficient (Wildman–Crippen LogP) is 3.43. The van der Waals surface area contributed by atoms with Crippen molar-refractivity contribution in [2.24, 2.45) is 0 Å². The van der Waals surface area contributed by atoms with Crippen molar-refractivity contribution in [3.8, 4) is 23.0 Å². The number of hydrogen-bond donors (Lipinski definition) is 5. The van der Waals surface area contributed by atoms with Crippen LogP contribution in [0, 0.1) is 0 Å². The van der Waals surface area contributed by atoms with E-state index < -0.39 is 5.43 Å². The number of rotatable bonds is 15. The molecule has 0 saturated heterocycles. The first-order valence-electron chi connectivity index (χ1n) is 15.4. The van der Waals surface area contributed by atoms with Gasteiger partial charge in [0, 0.05) is 69.0 Å². The summed E-state index contributed by atoms with van der Waals surface area (Å²) in [6.07, 6.45) is 2.30. The second kappa shape index (κ2) is 13.2. The fourth-order valence-corrected chi connectivity index (χ4v) is 6.90. The van der Waals surface area contributed by atoms with Gasteiger partial charge in [0.25, 0.3) is 0 Å². The van der Waals surface area contributed by atoms with E-state index in [0.29, 0.717) is 79.0 Å². The van der Waals surface area contributed by atoms with E-state index in [1.807, 2.05) is 13.0 Å². The van der Waals surface area contributed by atoms with E-state index in [1.54, 1.807) is 6.07 Å². The number of phenolic OH excluding ortho intramolecular Hbond substituents is 1. The Morgan fingerprint density at radius 1 is 0.702 bits per heavy atom. The highest BCUT2D eigenvalue weighted by Crippen LogP contribution is 2.54. The van der Waals surface area contributed by atoms with Crippen LogP contribution in [0.15, 0.2) is 27.3 Å². The van der Waals surface area contributed by atoms with Crippen LogP contribution in [0.1, 0.15) is 18.1 Å². The Morgan fingerprint density at radius 2 is 1.32 bits per heavy atom. The Balaban J connectivity index is 1.83. The highest BCUT2D eigenvalue weighted by atomic mass is 16.5. The van der Waals surface area contributed by atoms with E-state index in [-0.39, 0.29) is 74.2 Å². The first kappa shape index (κ1) is 32.3. The molecule has 5 N–H and O–H groups in total. The number of aliphatic hydroxyl groups excluding tert-OH is 2. The van der Waals surface area contributed by atoms with E-state index in [1.165, 1.54) is 27.4 Å². The van der Waals surface area contributed by atoms with Gasteiger partial charge in [0.2, 0.25) is 10.9 Å². The highest BCUT2D eigenvalue weighted by molar-refractivity contribution is 6.39. The van der Waals surface area contributed by atoms with Crippen molar-refractivity contribution in [3.63, 3.8) is 0 Å². The Bertz CT molecular complexity index is 2130. The Kier molecular flexibility index (Phi) is 9.11. The van der Waals surface area contributed by atoms with E-state index in [2.05, 4.69) is 10.6 Å². The minimum absolute atomic E-state index is 0.102. The third kappa shape index (κ3) is 5.17. The molecule has 0 fully saturated rings. The zero-order valence-electron chi connectivity index (χ0n) is 26.8. The van der Waals surface area contributed by atoms with Crippen LogP contribution >= 0.6 is 0 Å². The Hall–Kier alpha value is -4.62. The normalized spacial score (nSPS) is 12.8. The average molecular weight is 647 g/mol. The van der Waals surface area contributed by atoms with Gasteiger partial charge in [-0.2, -0.15) is 0 Å². The molecule has 248 valence electrons. The van der Waals surface area contributed by atoms with Gasteiger partial charge in [-0.3, -0.25) is 9.59 Å². The number of allylic oxidation sites excluding steroid dienone is 1. The van der Waals surface area contributed by atoms with Crippen LogP contribution in [0.25, 0.3) is 49.2 Å². The second-order valence-corrected chi connectivity index (χ2v) is 11.4. The lowest BCUT2D eigenvalue weighted by molar-refractivity contribution is 0.0992. The van der Waals surface area contributed by atoms with E-state index in [4.69, 9.17) is 33.9 Å². The minimum atomic E-state index is -0.401. The monoisotopic (exact) mass is 646 g/mol. The van der Waals surface area contributed by atoms with E-state index in [0.717, 1.165) is 5.57 Å². The standard InChI is InChI=1S/C35H38N2O10/c1-17-13-18-24-25-19(14-17)35(45-4)34(42)26-20(36-5-9-46-11-7-38)15-22(43-2)28(30(25)26)29-23(44-3)16-21(40)27(31(24)29)33(41)32(18)37-6-10-47-12-8-39/h13,15-16,36-40H,5-12,14H2,1-4H3. The van der Waals surface area contributed by atoms with Crippen molar-refractivity contribution in [2.75, 3.05) is 84.7 Å². The van der Waals surface area contributed by atoms with Crippen LogP contribution < -0.4 is 35.7 Å². The van der Waals surface area contributed by atoms with E-state index >= 15 is 0 Å². The molecule has 0 heterocycles. The number of methoxy groups -OCH3 is 3. The predicted molar refractivity (Wildman–Crippen MR) is 183 cm³/mol. The number of hydrogen-bond acceptors (Lipinski definition) is 12. The van der Waals surface area contributed by atoms with Gasteiger partial charge in [-0.05, 0) is 18.7 Å². The van der Waals surface area contributed by atoms with Crippen molar-refractivity contribution >= 4 is 60.5 Å². The van der Waals surface area contributed by atoms with Crippen molar-refractivity contribution in [1.82, 2.24) is 0 Å². The summed E-state index contributed by atoms with van der Waals surface area (Å²) >= 11 is 0. The summed E-state index contributed by atoms with van der Waals surface area (Å²) in [5.74, 6) is 0.690. The zero-order valence-corrected chi connectivity index (χ0v) is 26.8. The summed E-state index contributed by atoms with van der Waals surface area (Å²) < 4.78 is 28.6. The van der Waals surface area contributed by atoms with Crippen LogP contribution in [-0.4, -0.2) is 89.4 Å². The first-order chi connectivity index (χ1) is 22.8. The van der Waals surface area contributed by atoms with Crippen LogP contribution in [0.5, 0.6) is 23.0 Å². The fraction of sp³-hybridized carbons (Fsp3) is 0.371. The molecular formula is C35H38N2O10. The number of ether oxygens (including phenoxy) is 5. The molecule has 0 amide bonds. The van der Waals surface area contributed by atoms with Gasteiger partial charge >= 0.3 is 0 Å². The van der Waals surface area contributed by atoms with Crippen molar-refractivity contribution in [1.29, 1.82) is 0 Å². The maximum absolute atomic E-state index is 14.4. The molecular weight excluding hydrogens is 608 g/mol. The number of anilines is 2. The number of fused-ring (bicyclic) bond motifs is 1. The topological polar surface area (TPSA) is 165 Å². The average Bonchev–Trinajstić information content (AvgIpc) is 3.21. The molecule has 0 bridgehead atoms. The van der Waals surface area contributed by atoms with Gasteiger partial charge in [0.1, 0.15) is 17.2 Å². The largest absolute Gasteiger partial charge is 0.507 e. The van der Waals surface area contributed by atoms with Gasteiger partial charge in [-0.25, -0.2) is 0 Å². The molecule has 1 aliphatic carbocycles. The smallest absolute Gasteiger partial charge is 0.230 e. The lowest BCUT2D eigenvalue weighted by Crippen LogP contribution is -2.19. The molecule has 12 nitrogen and oxygen atoms in total. The summed E-state index contributed by atoms with van der Waals surface area (Å²) in [7, 11) is 4.49. The van der Waals surface area contributed by atoms with Gasteiger partial charge in [0.15, 0.2) is 5.75 Å². The van der Waals surface area contributed by atoms with Crippen molar-refractivity contribution in [3.05, 3.63) is 49.3 Å². The molecule has 6 rings (SSSR count). The number of nitrogens with one attached hydrogen (secondary N) is 2. The molecule has 5 aromatic carbocycles. The molecule has 47 heavy (non-hydrogen) atoms. The van der Waals surface area contributed by atoms with Gasteiger partial charge < -0.3 is 49.6 Å². The van der Waals surface area contributed by atoms with Gasteiger partial charge in [0.05, 0.1) is 77.4 Å². The molecule has 0 radical (unpaired) electrons. The Morgan fingerprint density at radius 3 is 1.94 bits per heavy atom. The minimum Gasteiger partial charge on any atom is -0.507 e. The molecule has 0 atom stereocenters. The number of aromatic hydroxyl groups is 1. The molecule has 12 heteroatoms. The molecule has 0 spiro atoms. The summed E-state index contributed by atoms with van der Waals surface area (Å²) in [5, 5.41) is 40.2. The summed E-state index contributed by atoms with van der Waals surface area (Å²) in [5.41, 5.74) is 2.24. The van der Waals surface area contributed by atoms with Crippen LogP contribution in [0.2, 0.25) is 0 Å². The van der Waals surface area contributed by atoms with Crippen LogP contribution in [0.4, 0.5) is 11.4 Å². The summed E-state index contributed by atoms with van der Waals surface area (Å²) in [6, 6.07) is 3.16. The van der Waals surface area contributed by atoms with Gasteiger partial charge in [-0.15, -0.1) is 0 Å². The Labute approximate surface area is 269 Å². The van der Waals surface area contributed by atoms with Crippen LogP contribution in [0.3, 0.4) is 0 Å². The third-order valence-electron chi connectivity index (χ3n) is 8.64. The SMILES string of the molecule is COc1c2c3c4c(c(NCCOCCO)c(=O)c5c(O)cc(OC)c(c6c(OC)cc(NCCOCCO)c(c1=O)c63)c54)C=C(C)C2. The number of phenols is 1. The molecule has 1 aliphatic rings. The fourth-order valence-electron chi connectivity index (χ4n) is 6.90. The first-order valence-corrected chi connectivity index (χ1v) is 15.4. The summed E-state index contributed by atoms with van der Waals surface area (Å²) in [6.45, 7) is 3.20.